The van der Waals surface area contributed by atoms with Gasteiger partial charge in [0.2, 0.25) is 38.0 Å². The summed E-state index contributed by atoms with van der Waals surface area (Å²) in [7, 11) is 4.35. The SMILES string of the molecule is C.C.CC(=O)O.CCC(Br)C(=O)OC.CCC(C(=O)OC)N(c1ccc(Cl)cc1)c1nc(Cl)ncc1[N+](=O)[O-].CCC(Nc1ccc(Cl)cc1)C(=O)CO.CCC1C(=O)Cc2cnc(Cl)nc2N1c1ccc(Cl)cc1.CCC1C(=O)N(C)c2cnc(Cl)nc2N1c1ccc(Cl)cc1.Nc1ccc(Cl)cc1.O=[N+]([O-])c1cnc(Cl)nc1Cl.[3H]I([3H])I.[3H][I-]I([3H])I.[3H][I-][3H].[3H][V]([3H])[I].[Fe]. The number of anilines is 9. The molecule has 9 aromatic rings. The van der Waals surface area contributed by atoms with Gasteiger partial charge >= 0.3 is 173 Å². The molecule has 125 heavy (non-hydrogen) atoms. The van der Waals surface area contributed by atoms with E-state index in [1.807, 2.05) is 100 Å². The number of nitrogens with two attached hydrogens (primary N) is 1. The summed E-state index contributed by atoms with van der Waals surface area (Å²) >= 11 is 60.2. The van der Waals surface area contributed by atoms with Crippen molar-refractivity contribution in [1.29, 1.82) is 5.32 Å². The van der Waals surface area contributed by atoms with E-state index in [1.54, 1.807) is 128 Å². The summed E-state index contributed by atoms with van der Waals surface area (Å²) in [5.74, 6) is -0.437. The third-order valence-electron chi connectivity index (χ3n) is 15.4. The Morgan fingerprint density at radius 1 is 0.720 bits per heavy atom. The molecule has 11 rings (SSSR count). The van der Waals surface area contributed by atoms with Gasteiger partial charge in [-0.25, -0.2) is 24.7 Å². The molecule has 0 aliphatic carbocycles. The minimum Gasteiger partial charge on any atom is 0 e. The van der Waals surface area contributed by atoms with Crippen molar-refractivity contribution in [2.45, 2.75) is 124 Å². The molecule has 0 bridgehead atoms. The number of likely N-dealkylation sites (N-methyl/N-ethyl adjacent to an activating group) is 1. The molecule has 5 atom stereocenters. The summed E-state index contributed by atoms with van der Waals surface area (Å²) < 4.78 is 60.2. The Morgan fingerprint density at radius 3 is 1.50 bits per heavy atom. The van der Waals surface area contributed by atoms with Gasteiger partial charge in [0.05, 0.1) is 42.3 Å². The maximum Gasteiger partial charge on any atom is 0 e. The number of amides is 1. The van der Waals surface area contributed by atoms with Crippen LogP contribution in [0.1, 0.15) is 94.1 Å². The number of methoxy groups -OCH3 is 2. The van der Waals surface area contributed by atoms with Gasteiger partial charge in [-0.05, 0) is 200 Å². The number of ketones is 2. The van der Waals surface area contributed by atoms with Gasteiger partial charge in [-0.3, -0.25) is 44.2 Å². The Kier molecular flexibility index (Phi) is 63.6. The molecule has 0 saturated heterocycles. The molecule has 5 aromatic carbocycles. The first-order valence-electron chi connectivity index (χ1n) is 37.4. The molecule has 5 unspecified atom stereocenters. The van der Waals surface area contributed by atoms with Crippen LogP contribution in [0.3, 0.4) is 0 Å². The largest absolute Gasteiger partial charge is 0 e. The van der Waals surface area contributed by atoms with Crippen LogP contribution in [0.25, 0.3) is 0 Å². The Balaban J connectivity index is -0.000000720. The number of nitro groups is 2. The number of rotatable bonds is 19. The number of aliphatic carboxylic acids is 1. The second-order valence-corrected chi connectivity index (χ2v) is 44.4. The standard InChI is InChI=1S/C15H14Cl2N4O4.C15H14Cl2N4O.C15H13Cl2N3O.C11H14ClNO2.C6H6ClN.C5H9BrO2.C4HCl2N3O2.C2H4O2.2CH4.Fe.H2I3.H2I2.H2I.HI.V.2H/c1-3-11(14(22)25-2)20(10-6-4-9(16)5-7-10)13-12(21(23)24)8-18-15(17)19-13;1-3-11-14(22)20(2)12-8-18-15(17)19-13(12)21(11)10-6-4-9(16)5-7-10;1-2-12-13(21)7-9-8-18-15(17)19-14(9)20(12)11-5-3-10(16)4-6-11;1-2-10(11(15)7-14)13-9-5-3-8(12)4-6-9;7-5-1-3-6(8)4-2-5;1-3-4(6)5(7)8-2;5-3-2(9(10)11)1-7-4(6)8-3;1-2(3)4;;;;1-3-2;1-2;;;;;/h4-8,11H,3H2,1-2H3;4-8,11H,3H2,1-2H3;3-6,8,12H,2,7H2,1H3;3-6,10,13-14H,2,7H2,1H3;1-4H,8H2;4H,3H2,1-2H3;1H;1H3,(H,3,4);2*1H4;;1,3H;1H2;1H2;1H;;;/q;;;;;;;;;;;-1;;-1;;+1;;/p-1/i;;;;;;;;;;;1T,3T;2*1T2;;;2*1+2. The average Bonchev–Trinajstić information content (AvgIpc) is 0.755. The van der Waals surface area contributed by atoms with Crippen molar-refractivity contribution < 1.29 is 131 Å². The number of aliphatic hydroxyl groups is 1. The molecule has 1 amide bonds. The zero-order valence-corrected chi connectivity index (χ0v) is 92.2. The van der Waals surface area contributed by atoms with Crippen molar-refractivity contribution in [3.63, 3.8) is 0 Å². The number of ether oxygens (including phenoxy) is 2. The van der Waals surface area contributed by atoms with Gasteiger partial charge in [0.15, 0.2) is 17.4 Å². The van der Waals surface area contributed by atoms with Gasteiger partial charge in [0.25, 0.3) is 5.97 Å². The molecule has 30 nitrogen and oxygen atoms in total. The quantitative estimate of drug-likeness (QED) is 0.00672. The topological polar surface area (TPSA) is 402 Å². The minimum absolute atomic E-state index is 0. The van der Waals surface area contributed by atoms with Crippen molar-refractivity contribution in [3.05, 3.63) is 223 Å². The number of carboxylic acid groups (broad SMARTS) is 1. The third-order valence-corrected chi connectivity index (χ3v) is 18.7. The number of hydrogen-bond donors (Lipinski definition) is 4. The molecule has 0 fully saturated rings. The maximum absolute atomic E-state index is 12.6. The van der Waals surface area contributed by atoms with Crippen LogP contribution in [0.5, 0.6) is 0 Å². The van der Waals surface area contributed by atoms with Crippen LogP contribution in [0, 0.1) is 20.2 Å². The number of hydrogen-bond acceptors (Lipinski definition) is 26. The first-order valence-corrected chi connectivity index (χ1v) is 62.3. The molecule has 5 N–H and O–H groups in total. The summed E-state index contributed by atoms with van der Waals surface area (Å²) in [6.07, 6.45) is 8.55. The van der Waals surface area contributed by atoms with Crippen LogP contribution in [0.4, 0.5) is 63.0 Å². The fraction of sp³-hybridized carbons (Fsp3) is 0.307. The second kappa shape index (κ2) is 70.7. The normalized spacial score (nSPS) is 13.7. The first-order chi connectivity index (χ1) is 61.2. The zero-order chi connectivity index (χ0) is 99.4. The third kappa shape index (κ3) is 45.1. The molecule has 0 saturated carbocycles. The van der Waals surface area contributed by atoms with Crippen LogP contribution >= 0.6 is 220 Å². The number of carboxylic acids is 1. The molecular weight excluding hydrogens is 2780 g/mol. The van der Waals surface area contributed by atoms with E-state index in [-0.39, 0.29) is 122 Å². The summed E-state index contributed by atoms with van der Waals surface area (Å²) in [4.78, 5) is 126. The number of Topliss-reactive ketones (excluding diaryl/α,β-unsaturated/α-hetero) is 2. The molecule has 0 spiro atoms. The van der Waals surface area contributed by atoms with E-state index in [4.69, 9.17) is 147 Å². The van der Waals surface area contributed by atoms with Crippen LogP contribution in [-0.4, -0.2) is 158 Å². The number of benzene rings is 5. The molecule has 4 aromatic heterocycles. The van der Waals surface area contributed by atoms with Crippen molar-refractivity contribution in [3.8, 4) is 0 Å². The maximum atomic E-state index is 12.6. The predicted molar refractivity (Wildman–Crippen MR) is 544 cm³/mol. The molecule has 696 valence electrons. The summed E-state index contributed by atoms with van der Waals surface area (Å²) in [5, 5.41) is 43.6. The Morgan fingerprint density at radius 2 is 1.11 bits per heavy atom. The smallest absolute Gasteiger partial charge is 0 e. The molecule has 6 heterocycles. The predicted octanol–water partition coefficient (Wildman–Crippen LogP) is 16.0. The monoisotopic (exact) mass is 2880 g/mol. The van der Waals surface area contributed by atoms with Gasteiger partial charge in [0.1, 0.15) is 47.4 Å². The van der Waals surface area contributed by atoms with Gasteiger partial charge in [0, 0.05) is 103 Å². The van der Waals surface area contributed by atoms with E-state index in [2.05, 4.69) is 84.5 Å². The molecule has 2 aliphatic rings. The summed E-state index contributed by atoms with van der Waals surface area (Å²) in [6, 6.07) is 33.5. The summed E-state index contributed by atoms with van der Waals surface area (Å²) in [6.45, 7) is 10.2. The average molecular weight is 2890 g/mol. The number of alkyl halides is 1. The van der Waals surface area contributed by atoms with Crippen LogP contribution in [0.15, 0.2) is 146 Å². The number of carbonyl (C=O) groups is 6. The van der Waals surface area contributed by atoms with E-state index >= 15 is 0 Å². The summed E-state index contributed by atoms with van der Waals surface area (Å²) in [5.41, 5.74) is 9.81. The minimum atomic E-state index is -1.79. The molecular formula is C75H91BrCl10FeI7N16O14V-2. The molecule has 0 radical (unpaired) electrons. The second-order valence-electron chi connectivity index (χ2n) is 23.1. The number of nitrogens with zero attached hydrogens (tertiary/aromatic N) is 14. The van der Waals surface area contributed by atoms with Gasteiger partial charge in [-0.2, -0.15) is 19.9 Å². The van der Waals surface area contributed by atoms with E-state index in [1.165, 1.54) is 19.1 Å². The molecule has 50 heteroatoms. The molecule has 2 aliphatic heterocycles. The van der Waals surface area contributed by atoms with Gasteiger partial charge in [-0.1, -0.05) is 135 Å². The number of nitrogen functional groups attached to an aromatic ring is 1. The Hall–Kier alpha value is -3.01. The Labute approximate surface area is 888 Å². The van der Waals surface area contributed by atoms with Crippen LogP contribution in [-0.2, 0) is 75.4 Å². The van der Waals surface area contributed by atoms with E-state index in [0.29, 0.717) is 75.2 Å². The van der Waals surface area contributed by atoms with Crippen molar-refractivity contribution in [2.75, 3.05) is 58.5 Å². The van der Waals surface area contributed by atoms with E-state index in [9.17, 15) is 44.2 Å². The van der Waals surface area contributed by atoms with Crippen LogP contribution < -0.4 is 72.6 Å². The Bertz CT molecular complexity index is 4970. The number of aromatic nitrogens is 8. The number of aliphatic hydroxyl groups excluding tert-OH is 1. The van der Waals surface area contributed by atoms with E-state index in [0.717, 1.165) is 59.1 Å². The number of nitrogens with one attached hydrogen (secondary N) is 1. The number of halogens is 18. The number of fused-ring (bicyclic) bond motifs is 2. The van der Waals surface area contributed by atoms with Crippen molar-refractivity contribution in [1.82, 2.24) is 39.9 Å². The van der Waals surface area contributed by atoms with Crippen molar-refractivity contribution >= 4 is 319 Å². The van der Waals surface area contributed by atoms with Crippen molar-refractivity contribution in [2.24, 2.45) is 0 Å². The first kappa shape index (κ1) is 113. The van der Waals surface area contributed by atoms with E-state index < -0.39 is 121 Å². The fourth-order valence-electron chi connectivity index (χ4n) is 10.0. The number of carbonyl (C=O) groups excluding carboxylic acids is 5. The fourth-order valence-corrected chi connectivity index (χ4v) is 11.6. The van der Waals surface area contributed by atoms with Gasteiger partial charge < -0.3 is 50.3 Å². The zero-order valence-electron chi connectivity index (χ0n) is 73.4. The number of esters is 2. The van der Waals surface area contributed by atoms with Gasteiger partial charge in [-0.15, -0.1) is 0 Å². The van der Waals surface area contributed by atoms with Crippen LogP contribution in [0.2, 0.25) is 51.4 Å².